The van der Waals surface area contributed by atoms with Gasteiger partial charge in [0.15, 0.2) is 0 Å². The molecule has 1 unspecified atom stereocenters. The molecule has 8 nitrogen and oxygen atoms in total. The van der Waals surface area contributed by atoms with Crippen LogP contribution in [0, 0.1) is 13.8 Å². The van der Waals surface area contributed by atoms with Crippen molar-refractivity contribution in [1.82, 2.24) is 25.4 Å². The molecule has 1 aromatic heterocycles. The molecule has 1 aromatic carbocycles. The Morgan fingerprint density at radius 3 is 2.76 bits per heavy atom. The number of hydrogen-bond acceptors (Lipinski definition) is 4. The second kappa shape index (κ2) is 9.44. The Morgan fingerprint density at radius 2 is 2.03 bits per heavy atom. The molecule has 33 heavy (non-hydrogen) atoms. The summed E-state index contributed by atoms with van der Waals surface area (Å²) in [7, 11) is 1.67. The second-order valence-corrected chi connectivity index (χ2v) is 8.56. The number of aromatic nitrogens is 1. The number of likely N-dealkylation sites (N-methyl/N-ethyl adjacent to an activating group) is 1. The molecule has 0 saturated heterocycles. The summed E-state index contributed by atoms with van der Waals surface area (Å²) >= 11 is 0. The highest BCUT2D eigenvalue weighted by atomic mass is 16.2. The molecule has 0 radical (unpaired) electrons. The van der Waals surface area contributed by atoms with Gasteiger partial charge in [-0.3, -0.25) is 19.5 Å². The maximum atomic E-state index is 13.3. The van der Waals surface area contributed by atoms with Gasteiger partial charge in [-0.05, 0) is 37.1 Å². The van der Waals surface area contributed by atoms with E-state index < -0.39 is 6.04 Å². The molecule has 172 valence electrons. The van der Waals surface area contributed by atoms with E-state index in [1.54, 1.807) is 18.1 Å². The van der Waals surface area contributed by atoms with Crippen LogP contribution in [0.15, 0.2) is 53.9 Å². The Labute approximate surface area is 193 Å². The van der Waals surface area contributed by atoms with E-state index in [9.17, 15) is 14.4 Å². The first-order valence-electron chi connectivity index (χ1n) is 11.2. The van der Waals surface area contributed by atoms with E-state index in [0.29, 0.717) is 37.3 Å². The van der Waals surface area contributed by atoms with Crippen molar-refractivity contribution in [2.45, 2.75) is 32.7 Å². The lowest BCUT2D eigenvalue weighted by molar-refractivity contribution is -0.127. The molecule has 2 aromatic rings. The van der Waals surface area contributed by atoms with Gasteiger partial charge in [-0.15, -0.1) is 0 Å². The molecule has 4 rings (SSSR count). The summed E-state index contributed by atoms with van der Waals surface area (Å²) in [6.45, 7) is 5.11. The van der Waals surface area contributed by atoms with Crippen LogP contribution in [0.25, 0.3) is 0 Å². The third-order valence-corrected chi connectivity index (χ3v) is 6.21. The highest BCUT2D eigenvalue weighted by molar-refractivity contribution is 6.01. The lowest BCUT2D eigenvalue weighted by Gasteiger charge is -2.31. The van der Waals surface area contributed by atoms with E-state index in [-0.39, 0.29) is 24.3 Å². The fourth-order valence-corrected chi connectivity index (χ4v) is 4.39. The minimum absolute atomic E-state index is 0.114. The van der Waals surface area contributed by atoms with E-state index in [2.05, 4.69) is 15.6 Å². The second-order valence-electron chi connectivity index (χ2n) is 8.56. The summed E-state index contributed by atoms with van der Waals surface area (Å²) < 4.78 is 0. The summed E-state index contributed by atoms with van der Waals surface area (Å²) in [5.74, 6) is -0.250. The quantitative estimate of drug-likeness (QED) is 0.681. The molecule has 4 amide bonds. The minimum Gasteiger partial charge on any atom is -0.356 e. The van der Waals surface area contributed by atoms with E-state index in [1.807, 2.05) is 50.2 Å². The van der Waals surface area contributed by atoms with Crippen LogP contribution >= 0.6 is 0 Å². The average molecular weight is 448 g/mol. The Kier molecular flexibility index (Phi) is 6.44. The third kappa shape index (κ3) is 4.74. The number of benzene rings is 1. The van der Waals surface area contributed by atoms with Crippen LogP contribution in [0.2, 0.25) is 0 Å². The minimum atomic E-state index is -0.492. The standard InChI is InChI=1S/C25H29N5O3/c1-16-7-8-19(17(2)14-16)23-22-20(29(3)25(33)28-23)15-30(24(22)32)13-10-21(31)27-12-9-18-6-4-5-11-26-18/h4-8,11,14,23H,9-10,12-13,15H2,1-3H3,(H,27,31)(H,28,33). The zero-order valence-electron chi connectivity index (χ0n) is 19.2. The predicted octanol–water partition coefficient (Wildman–Crippen LogP) is 2.24. The molecule has 8 heteroatoms. The van der Waals surface area contributed by atoms with Crippen molar-refractivity contribution in [3.8, 4) is 0 Å². The summed E-state index contributed by atoms with van der Waals surface area (Å²) in [4.78, 5) is 45.6. The van der Waals surface area contributed by atoms with Crippen molar-refractivity contribution >= 4 is 17.8 Å². The largest absolute Gasteiger partial charge is 0.356 e. The van der Waals surface area contributed by atoms with Crippen LogP contribution in [-0.4, -0.2) is 59.3 Å². The molecule has 2 aliphatic rings. The van der Waals surface area contributed by atoms with Gasteiger partial charge in [-0.25, -0.2) is 4.79 Å². The van der Waals surface area contributed by atoms with E-state index in [1.165, 1.54) is 4.90 Å². The van der Waals surface area contributed by atoms with Crippen LogP contribution in [0.3, 0.4) is 0 Å². The monoisotopic (exact) mass is 447 g/mol. The lowest BCUT2D eigenvalue weighted by atomic mass is 9.91. The number of hydrogen-bond donors (Lipinski definition) is 2. The van der Waals surface area contributed by atoms with Gasteiger partial charge in [0, 0.05) is 44.9 Å². The van der Waals surface area contributed by atoms with Gasteiger partial charge in [0.2, 0.25) is 5.91 Å². The van der Waals surface area contributed by atoms with Gasteiger partial charge in [0.05, 0.1) is 23.9 Å². The normalized spacial score (nSPS) is 17.8. The molecule has 2 aliphatic heterocycles. The number of pyridine rings is 1. The first-order valence-corrected chi connectivity index (χ1v) is 11.2. The molecule has 3 heterocycles. The van der Waals surface area contributed by atoms with Crippen LogP contribution in [0.4, 0.5) is 4.79 Å². The highest BCUT2D eigenvalue weighted by Crippen LogP contribution is 2.36. The van der Waals surface area contributed by atoms with Gasteiger partial charge < -0.3 is 15.5 Å². The number of nitrogens with one attached hydrogen (secondary N) is 2. The van der Waals surface area contributed by atoms with Gasteiger partial charge >= 0.3 is 6.03 Å². The fourth-order valence-electron chi connectivity index (χ4n) is 4.39. The van der Waals surface area contributed by atoms with Crippen LogP contribution in [0.1, 0.15) is 34.8 Å². The summed E-state index contributed by atoms with van der Waals surface area (Å²) in [6, 6.07) is 11.0. The molecule has 0 fully saturated rings. The van der Waals surface area contributed by atoms with Crippen molar-refractivity contribution in [2.75, 3.05) is 26.7 Å². The molecular formula is C25H29N5O3. The smallest absolute Gasteiger partial charge is 0.322 e. The Balaban J connectivity index is 1.40. The van der Waals surface area contributed by atoms with Crippen LogP contribution in [-0.2, 0) is 16.0 Å². The Hall–Kier alpha value is -3.68. The van der Waals surface area contributed by atoms with Gasteiger partial charge in [-0.2, -0.15) is 0 Å². The third-order valence-electron chi connectivity index (χ3n) is 6.21. The van der Waals surface area contributed by atoms with Crippen molar-refractivity contribution in [1.29, 1.82) is 0 Å². The summed E-state index contributed by atoms with van der Waals surface area (Å²) in [6.07, 6.45) is 2.59. The maximum Gasteiger partial charge on any atom is 0.322 e. The van der Waals surface area contributed by atoms with Crippen molar-refractivity contribution in [2.24, 2.45) is 0 Å². The lowest BCUT2D eigenvalue weighted by Crippen LogP contribution is -2.45. The summed E-state index contributed by atoms with van der Waals surface area (Å²) in [5.41, 5.74) is 5.26. The van der Waals surface area contributed by atoms with Crippen molar-refractivity contribution < 1.29 is 14.4 Å². The molecule has 0 saturated carbocycles. The number of amides is 4. The highest BCUT2D eigenvalue weighted by Gasteiger charge is 2.43. The first-order chi connectivity index (χ1) is 15.8. The molecule has 1 atom stereocenters. The number of rotatable bonds is 7. The van der Waals surface area contributed by atoms with Gasteiger partial charge in [-0.1, -0.05) is 29.8 Å². The molecule has 0 bridgehead atoms. The number of carbonyl (C=O) groups excluding carboxylic acids is 3. The van der Waals surface area contributed by atoms with E-state index in [4.69, 9.17) is 0 Å². The Morgan fingerprint density at radius 1 is 1.21 bits per heavy atom. The van der Waals surface area contributed by atoms with E-state index >= 15 is 0 Å². The Bertz CT molecular complexity index is 1110. The molecular weight excluding hydrogens is 418 g/mol. The number of aryl methyl sites for hydroxylation is 2. The van der Waals surface area contributed by atoms with Crippen molar-refractivity contribution in [3.63, 3.8) is 0 Å². The fraction of sp³-hybridized carbons (Fsp3) is 0.360. The van der Waals surface area contributed by atoms with Gasteiger partial charge in [0.25, 0.3) is 5.91 Å². The number of urea groups is 1. The van der Waals surface area contributed by atoms with Crippen LogP contribution in [0.5, 0.6) is 0 Å². The first kappa shape index (κ1) is 22.5. The number of carbonyl (C=O) groups is 3. The molecule has 0 aliphatic carbocycles. The van der Waals surface area contributed by atoms with Gasteiger partial charge in [0.1, 0.15) is 0 Å². The van der Waals surface area contributed by atoms with Crippen LogP contribution < -0.4 is 10.6 Å². The van der Waals surface area contributed by atoms with Crippen molar-refractivity contribution in [3.05, 3.63) is 76.2 Å². The molecule has 0 spiro atoms. The summed E-state index contributed by atoms with van der Waals surface area (Å²) in [5, 5.41) is 5.86. The SMILES string of the molecule is Cc1ccc(C2NC(=O)N(C)C3=C2C(=O)N(CCC(=O)NCCc2ccccn2)C3)c(C)c1. The molecule has 2 N–H and O–H groups in total. The predicted molar refractivity (Wildman–Crippen MR) is 124 cm³/mol. The van der Waals surface area contributed by atoms with E-state index in [0.717, 1.165) is 22.4 Å². The maximum absolute atomic E-state index is 13.3. The number of nitrogens with zero attached hydrogens (tertiary/aromatic N) is 3. The topological polar surface area (TPSA) is 94.6 Å². The average Bonchev–Trinajstić information content (AvgIpc) is 3.12. The zero-order chi connectivity index (χ0) is 23.5. The zero-order valence-corrected chi connectivity index (χ0v) is 19.2.